The molecule has 0 aromatic heterocycles. The van der Waals surface area contributed by atoms with Gasteiger partial charge in [0, 0.05) is 12.1 Å². The molecular formula is C12H23NO. The third-order valence-electron chi connectivity index (χ3n) is 4.02. The Morgan fingerprint density at radius 3 is 2.29 bits per heavy atom. The van der Waals surface area contributed by atoms with Gasteiger partial charge in [-0.15, -0.1) is 0 Å². The van der Waals surface area contributed by atoms with Crippen molar-refractivity contribution in [3.05, 3.63) is 0 Å². The smallest absolute Gasteiger partial charge is 0.0693 e. The van der Waals surface area contributed by atoms with Gasteiger partial charge in [0.05, 0.1) is 6.10 Å². The van der Waals surface area contributed by atoms with Crippen LogP contribution >= 0.6 is 0 Å². The summed E-state index contributed by atoms with van der Waals surface area (Å²) in [6, 6.07) is 1.06. The van der Waals surface area contributed by atoms with Crippen LogP contribution in [0.2, 0.25) is 0 Å². The average molecular weight is 197 g/mol. The highest BCUT2D eigenvalue weighted by Crippen LogP contribution is 2.27. The first kappa shape index (κ1) is 10.4. The molecular weight excluding hydrogens is 174 g/mol. The zero-order chi connectivity index (χ0) is 9.97. The van der Waals surface area contributed by atoms with Crippen LogP contribution in [0.4, 0.5) is 0 Å². The lowest BCUT2D eigenvalue weighted by atomic mass is 9.91. The normalized spacial score (nSPS) is 44.1. The predicted molar refractivity (Wildman–Crippen MR) is 58.2 cm³/mol. The Kier molecular flexibility index (Phi) is 3.45. The van der Waals surface area contributed by atoms with Crippen molar-refractivity contribution in [2.45, 2.75) is 70.1 Å². The Morgan fingerprint density at radius 2 is 1.64 bits per heavy atom. The number of hydrogen-bond donors (Lipinski definition) is 2. The lowest BCUT2D eigenvalue weighted by molar-refractivity contribution is 0.0823. The van der Waals surface area contributed by atoms with Crippen molar-refractivity contribution in [2.75, 3.05) is 0 Å². The van der Waals surface area contributed by atoms with E-state index in [0.717, 1.165) is 12.3 Å². The van der Waals surface area contributed by atoms with Crippen molar-refractivity contribution >= 4 is 0 Å². The molecule has 0 aromatic rings. The second-order valence-electron chi connectivity index (χ2n) is 5.14. The van der Waals surface area contributed by atoms with Crippen LogP contribution in [0.15, 0.2) is 0 Å². The maximum Gasteiger partial charge on any atom is 0.0693 e. The van der Waals surface area contributed by atoms with Crippen LogP contribution in [0.1, 0.15) is 51.9 Å². The van der Waals surface area contributed by atoms with E-state index >= 15 is 0 Å². The van der Waals surface area contributed by atoms with Gasteiger partial charge in [0.15, 0.2) is 0 Å². The SMILES string of the molecule is CC1CCCC1NC1CCCCC1O. The van der Waals surface area contributed by atoms with Gasteiger partial charge in [-0.3, -0.25) is 0 Å². The lowest BCUT2D eigenvalue weighted by Crippen LogP contribution is -2.47. The van der Waals surface area contributed by atoms with Crippen LogP contribution < -0.4 is 5.32 Å². The fourth-order valence-corrected chi connectivity index (χ4v) is 2.97. The van der Waals surface area contributed by atoms with Crippen molar-refractivity contribution in [1.82, 2.24) is 5.32 Å². The molecule has 2 N–H and O–H groups in total. The predicted octanol–water partition coefficient (Wildman–Crippen LogP) is 2.07. The minimum Gasteiger partial charge on any atom is -0.392 e. The van der Waals surface area contributed by atoms with E-state index in [1.165, 1.54) is 38.5 Å². The molecule has 2 rings (SSSR count). The molecule has 0 aliphatic heterocycles. The van der Waals surface area contributed by atoms with Crippen LogP contribution in [0.5, 0.6) is 0 Å². The quantitative estimate of drug-likeness (QED) is 0.710. The van der Waals surface area contributed by atoms with Crippen molar-refractivity contribution < 1.29 is 5.11 Å². The van der Waals surface area contributed by atoms with Crippen molar-refractivity contribution in [3.63, 3.8) is 0 Å². The summed E-state index contributed by atoms with van der Waals surface area (Å²) >= 11 is 0. The highest BCUT2D eigenvalue weighted by molar-refractivity contribution is 4.88. The van der Waals surface area contributed by atoms with Crippen molar-refractivity contribution in [2.24, 2.45) is 5.92 Å². The summed E-state index contributed by atoms with van der Waals surface area (Å²) < 4.78 is 0. The second kappa shape index (κ2) is 4.63. The van der Waals surface area contributed by atoms with E-state index in [4.69, 9.17) is 0 Å². The molecule has 0 aromatic carbocycles. The zero-order valence-corrected chi connectivity index (χ0v) is 9.21. The van der Waals surface area contributed by atoms with Crippen LogP contribution in [-0.4, -0.2) is 23.3 Å². The summed E-state index contributed by atoms with van der Waals surface area (Å²) in [5.41, 5.74) is 0. The Morgan fingerprint density at radius 1 is 0.929 bits per heavy atom. The molecule has 2 aliphatic rings. The first-order valence-electron chi connectivity index (χ1n) is 6.21. The average Bonchev–Trinajstić information content (AvgIpc) is 2.56. The van der Waals surface area contributed by atoms with Crippen molar-refractivity contribution in [1.29, 1.82) is 0 Å². The fraction of sp³-hybridized carbons (Fsp3) is 1.00. The topological polar surface area (TPSA) is 32.3 Å². The van der Waals surface area contributed by atoms with Gasteiger partial charge in [0.1, 0.15) is 0 Å². The Hall–Kier alpha value is -0.0800. The minimum absolute atomic E-state index is 0.0865. The number of nitrogens with one attached hydrogen (secondary N) is 1. The van der Waals surface area contributed by atoms with E-state index in [1.807, 2.05) is 0 Å². The van der Waals surface area contributed by atoms with Gasteiger partial charge in [0.2, 0.25) is 0 Å². The van der Waals surface area contributed by atoms with Crippen LogP contribution in [0.25, 0.3) is 0 Å². The van der Waals surface area contributed by atoms with Crippen LogP contribution in [-0.2, 0) is 0 Å². The first-order valence-corrected chi connectivity index (χ1v) is 6.21. The maximum absolute atomic E-state index is 9.85. The zero-order valence-electron chi connectivity index (χ0n) is 9.21. The molecule has 82 valence electrons. The van der Waals surface area contributed by atoms with Crippen LogP contribution in [0.3, 0.4) is 0 Å². The van der Waals surface area contributed by atoms with Gasteiger partial charge in [-0.2, -0.15) is 0 Å². The molecule has 2 aliphatic carbocycles. The molecule has 2 nitrogen and oxygen atoms in total. The summed E-state index contributed by atoms with van der Waals surface area (Å²) in [5, 5.41) is 13.5. The molecule has 2 heteroatoms. The first-order chi connectivity index (χ1) is 6.77. The van der Waals surface area contributed by atoms with Crippen molar-refractivity contribution in [3.8, 4) is 0 Å². The standard InChI is InChI=1S/C12H23NO/c1-9-5-4-7-10(9)13-11-6-2-3-8-12(11)14/h9-14H,2-8H2,1H3. The van der Waals surface area contributed by atoms with Gasteiger partial charge >= 0.3 is 0 Å². The molecule has 0 radical (unpaired) electrons. The Balaban J connectivity index is 1.83. The van der Waals surface area contributed by atoms with Gasteiger partial charge in [0.25, 0.3) is 0 Å². The van der Waals surface area contributed by atoms with E-state index in [9.17, 15) is 5.11 Å². The number of rotatable bonds is 2. The van der Waals surface area contributed by atoms with Gasteiger partial charge < -0.3 is 10.4 Å². The fourth-order valence-electron chi connectivity index (χ4n) is 2.97. The van der Waals surface area contributed by atoms with Crippen LogP contribution in [0, 0.1) is 5.92 Å². The molecule has 0 heterocycles. The van der Waals surface area contributed by atoms with E-state index in [2.05, 4.69) is 12.2 Å². The van der Waals surface area contributed by atoms with Gasteiger partial charge in [-0.05, 0) is 31.6 Å². The summed E-state index contributed by atoms with van der Waals surface area (Å²) in [4.78, 5) is 0. The molecule has 14 heavy (non-hydrogen) atoms. The Bertz CT molecular complexity index is 183. The lowest BCUT2D eigenvalue weighted by Gasteiger charge is -2.32. The molecule has 4 atom stereocenters. The van der Waals surface area contributed by atoms with E-state index in [1.54, 1.807) is 0 Å². The van der Waals surface area contributed by atoms with E-state index < -0.39 is 0 Å². The summed E-state index contributed by atoms with van der Waals surface area (Å²) in [6.07, 6.45) is 8.61. The largest absolute Gasteiger partial charge is 0.392 e. The van der Waals surface area contributed by atoms with Gasteiger partial charge in [-0.25, -0.2) is 0 Å². The molecule has 2 fully saturated rings. The van der Waals surface area contributed by atoms with Gasteiger partial charge in [-0.1, -0.05) is 26.2 Å². The highest BCUT2D eigenvalue weighted by atomic mass is 16.3. The van der Waals surface area contributed by atoms with E-state index in [-0.39, 0.29) is 6.10 Å². The Labute approximate surface area is 87.1 Å². The molecule has 2 saturated carbocycles. The minimum atomic E-state index is -0.0865. The molecule has 0 amide bonds. The second-order valence-corrected chi connectivity index (χ2v) is 5.14. The third kappa shape index (κ3) is 2.29. The molecule has 4 unspecified atom stereocenters. The maximum atomic E-state index is 9.85. The third-order valence-corrected chi connectivity index (χ3v) is 4.02. The highest BCUT2D eigenvalue weighted by Gasteiger charge is 2.29. The molecule has 0 spiro atoms. The van der Waals surface area contributed by atoms with E-state index in [0.29, 0.717) is 12.1 Å². The number of hydrogen-bond acceptors (Lipinski definition) is 2. The monoisotopic (exact) mass is 197 g/mol. The molecule has 0 saturated heterocycles. The number of aliphatic hydroxyl groups is 1. The molecule has 0 bridgehead atoms. The summed E-state index contributed by atoms with van der Waals surface area (Å²) in [7, 11) is 0. The summed E-state index contributed by atoms with van der Waals surface area (Å²) in [5.74, 6) is 0.809. The summed E-state index contributed by atoms with van der Waals surface area (Å²) in [6.45, 7) is 2.33. The number of aliphatic hydroxyl groups excluding tert-OH is 1.